The lowest BCUT2D eigenvalue weighted by atomic mass is 10.2. The van der Waals surface area contributed by atoms with Crippen molar-refractivity contribution in [1.82, 2.24) is 9.38 Å². The number of thiazole rings is 1. The maximum absolute atomic E-state index is 12.7. The van der Waals surface area contributed by atoms with Gasteiger partial charge in [-0.1, -0.05) is 23.5 Å². The molecule has 5 nitrogen and oxygen atoms in total. The van der Waals surface area contributed by atoms with E-state index in [1.807, 2.05) is 73.0 Å². The first-order valence-electron chi connectivity index (χ1n) is 8.56. The van der Waals surface area contributed by atoms with E-state index in [4.69, 9.17) is 4.74 Å². The number of nitrogens with one attached hydrogen (secondary N) is 1. The van der Waals surface area contributed by atoms with Crippen LogP contribution in [0.25, 0.3) is 16.2 Å². The molecule has 1 amide bonds. The Labute approximate surface area is 161 Å². The van der Waals surface area contributed by atoms with Gasteiger partial charge in [-0.05, 0) is 55.8 Å². The van der Waals surface area contributed by atoms with Crippen LogP contribution in [-0.2, 0) is 0 Å². The number of fused-ring (bicyclic) bond motifs is 1. The molecular formula is C21H19N3O2S. The zero-order chi connectivity index (χ0) is 19.0. The molecule has 0 atom stereocenters. The predicted molar refractivity (Wildman–Crippen MR) is 109 cm³/mol. The van der Waals surface area contributed by atoms with Gasteiger partial charge in [-0.15, -0.1) is 0 Å². The third-order valence-electron chi connectivity index (χ3n) is 4.42. The number of anilines is 1. The number of rotatable bonds is 4. The van der Waals surface area contributed by atoms with E-state index in [0.29, 0.717) is 4.88 Å². The Balaban J connectivity index is 1.62. The summed E-state index contributed by atoms with van der Waals surface area (Å²) >= 11 is 1.39. The number of hydrogen-bond donors (Lipinski definition) is 1. The zero-order valence-electron chi connectivity index (χ0n) is 15.3. The average Bonchev–Trinajstić information content (AvgIpc) is 3.21. The van der Waals surface area contributed by atoms with Gasteiger partial charge in [0.25, 0.3) is 5.91 Å². The van der Waals surface area contributed by atoms with Crippen molar-refractivity contribution >= 4 is 27.9 Å². The van der Waals surface area contributed by atoms with Gasteiger partial charge in [0.15, 0.2) is 4.96 Å². The number of benzene rings is 2. The van der Waals surface area contributed by atoms with Crippen LogP contribution >= 0.6 is 11.3 Å². The van der Waals surface area contributed by atoms with Gasteiger partial charge in [0.05, 0.1) is 12.8 Å². The number of carbonyl (C=O) groups excluding carboxylic acids is 1. The molecule has 136 valence electrons. The molecule has 0 aliphatic heterocycles. The van der Waals surface area contributed by atoms with E-state index < -0.39 is 0 Å². The SMILES string of the molecule is COc1ccc(-c2cn3c(C)c(C(=O)Nc4cccc(C)c4)sc3n2)cc1. The van der Waals surface area contributed by atoms with Crippen LogP contribution in [0.1, 0.15) is 20.9 Å². The lowest BCUT2D eigenvalue weighted by Crippen LogP contribution is -2.11. The van der Waals surface area contributed by atoms with Gasteiger partial charge in [-0.25, -0.2) is 4.98 Å². The summed E-state index contributed by atoms with van der Waals surface area (Å²) in [6, 6.07) is 15.6. The van der Waals surface area contributed by atoms with E-state index >= 15 is 0 Å². The van der Waals surface area contributed by atoms with Gasteiger partial charge < -0.3 is 10.1 Å². The monoisotopic (exact) mass is 377 g/mol. The molecule has 2 heterocycles. The third kappa shape index (κ3) is 3.31. The third-order valence-corrected chi connectivity index (χ3v) is 5.58. The summed E-state index contributed by atoms with van der Waals surface area (Å²) in [6.45, 7) is 3.94. The molecule has 1 N–H and O–H groups in total. The molecule has 2 aromatic heterocycles. The Morgan fingerprint density at radius 2 is 1.93 bits per heavy atom. The first-order valence-corrected chi connectivity index (χ1v) is 9.38. The lowest BCUT2D eigenvalue weighted by molar-refractivity contribution is 0.102. The molecule has 0 bridgehead atoms. The van der Waals surface area contributed by atoms with E-state index in [9.17, 15) is 4.79 Å². The molecule has 0 unspecified atom stereocenters. The highest BCUT2D eigenvalue weighted by atomic mass is 32.1. The number of aromatic nitrogens is 2. The summed E-state index contributed by atoms with van der Waals surface area (Å²) in [5, 5.41) is 2.97. The minimum absolute atomic E-state index is 0.111. The van der Waals surface area contributed by atoms with Crippen molar-refractivity contribution in [2.24, 2.45) is 0 Å². The Morgan fingerprint density at radius 3 is 2.59 bits per heavy atom. The highest BCUT2D eigenvalue weighted by Gasteiger charge is 2.18. The van der Waals surface area contributed by atoms with Crippen molar-refractivity contribution in [3.05, 3.63) is 70.9 Å². The largest absolute Gasteiger partial charge is 0.497 e. The molecule has 0 saturated carbocycles. The Kier molecular flexibility index (Phi) is 4.41. The van der Waals surface area contributed by atoms with Gasteiger partial charge in [-0.2, -0.15) is 0 Å². The highest BCUT2D eigenvalue weighted by molar-refractivity contribution is 7.19. The summed E-state index contributed by atoms with van der Waals surface area (Å²) in [5.74, 6) is 0.700. The minimum atomic E-state index is -0.111. The standard InChI is InChI=1S/C21H19N3O2S/c1-13-5-4-6-16(11-13)22-20(25)19-14(2)24-12-18(23-21(24)27-19)15-7-9-17(26-3)10-8-15/h4-12H,1-3H3,(H,22,25). The molecule has 27 heavy (non-hydrogen) atoms. The van der Waals surface area contributed by atoms with E-state index in [2.05, 4.69) is 10.3 Å². The normalized spacial score (nSPS) is 10.9. The summed E-state index contributed by atoms with van der Waals surface area (Å²) in [6.07, 6.45) is 1.96. The van der Waals surface area contributed by atoms with Crippen LogP contribution in [0.2, 0.25) is 0 Å². The van der Waals surface area contributed by atoms with Crippen molar-refractivity contribution in [2.75, 3.05) is 12.4 Å². The molecule has 4 aromatic rings. The highest BCUT2D eigenvalue weighted by Crippen LogP contribution is 2.28. The fraction of sp³-hybridized carbons (Fsp3) is 0.143. The molecule has 4 rings (SSSR count). The van der Waals surface area contributed by atoms with E-state index in [-0.39, 0.29) is 5.91 Å². The summed E-state index contributed by atoms with van der Waals surface area (Å²) in [4.78, 5) is 18.8. The average molecular weight is 377 g/mol. The van der Waals surface area contributed by atoms with Crippen LogP contribution in [0.3, 0.4) is 0 Å². The number of nitrogens with zero attached hydrogens (tertiary/aromatic N) is 2. The van der Waals surface area contributed by atoms with Crippen molar-refractivity contribution < 1.29 is 9.53 Å². The number of imidazole rings is 1. The van der Waals surface area contributed by atoms with Crippen LogP contribution in [0.4, 0.5) is 5.69 Å². The van der Waals surface area contributed by atoms with Crippen LogP contribution in [0, 0.1) is 13.8 Å². The molecule has 0 spiro atoms. The van der Waals surface area contributed by atoms with Crippen LogP contribution < -0.4 is 10.1 Å². The maximum Gasteiger partial charge on any atom is 0.267 e. The molecule has 0 radical (unpaired) electrons. The van der Waals surface area contributed by atoms with Crippen LogP contribution in [0.5, 0.6) is 5.75 Å². The van der Waals surface area contributed by atoms with Gasteiger partial charge in [-0.3, -0.25) is 9.20 Å². The van der Waals surface area contributed by atoms with Gasteiger partial charge in [0.2, 0.25) is 0 Å². The number of hydrogen-bond acceptors (Lipinski definition) is 4. The second kappa shape index (κ2) is 6.89. The van der Waals surface area contributed by atoms with Gasteiger partial charge >= 0.3 is 0 Å². The summed E-state index contributed by atoms with van der Waals surface area (Å²) in [7, 11) is 1.65. The van der Waals surface area contributed by atoms with Crippen molar-refractivity contribution in [1.29, 1.82) is 0 Å². The topological polar surface area (TPSA) is 55.6 Å². The van der Waals surface area contributed by atoms with Gasteiger partial charge in [0.1, 0.15) is 10.6 Å². The molecule has 0 aliphatic rings. The van der Waals surface area contributed by atoms with Crippen LogP contribution in [0.15, 0.2) is 54.7 Å². The lowest BCUT2D eigenvalue weighted by Gasteiger charge is -2.05. The summed E-state index contributed by atoms with van der Waals surface area (Å²) in [5.41, 5.74) is 4.67. The second-order valence-corrected chi connectivity index (χ2v) is 7.32. The van der Waals surface area contributed by atoms with Crippen molar-refractivity contribution in [3.63, 3.8) is 0 Å². The second-order valence-electron chi connectivity index (χ2n) is 6.35. The minimum Gasteiger partial charge on any atom is -0.497 e. The number of amides is 1. The smallest absolute Gasteiger partial charge is 0.267 e. The fourth-order valence-corrected chi connectivity index (χ4v) is 3.98. The van der Waals surface area contributed by atoms with E-state index in [0.717, 1.165) is 38.9 Å². The number of carbonyl (C=O) groups is 1. The van der Waals surface area contributed by atoms with E-state index in [1.165, 1.54) is 11.3 Å². The summed E-state index contributed by atoms with van der Waals surface area (Å²) < 4.78 is 7.17. The number of aryl methyl sites for hydroxylation is 2. The molecule has 2 aromatic carbocycles. The van der Waals surface area contributed by atoms with Crippen molar-refractivity contribution in [2.45, 2.75) is 13.8 Å². The van der Waals surface area contributed by atoms with Gasteiger partial charge in [0, 0.05) is 23.1 Å². The van der Waals surface area contributed by atoms with E-state index in [1.54, 1.807) is 7.11 Å². The first-order chi connectivity index (χ1) is 13.0. The zero-order valence-corrected chi connectivity index (χ0v) is 16.1. The molecule has 6 heteroatoms. The fourth-order valence-electron chi connectivity index (χ4n) is 2.97. The Bertz CT molecular complexity index is 1130. The Morgan fingerprint density at radius 1 is 1.15 bits per heavy atom. The number of ether oxygens (including phenoxy) is 1. The Hall–Kier alpha value is -3.12. The molecular weight excluding hydrogens is 358 g/mol. The molecule has 0 aliphatic carbocycles. The van der Waals surface area contributed by atoms with Crippen molar-refractivity contribution in [3.8, 4) is 17.0 Å². The quantitative estimate of drug-likeness (QED) is 0.548. The molecule has 0 fully saturated rings. The maximum atomic E-state index is 12.7. The number of methoxy groups -OCH3 is 1. The predicted octanol–water partition coefficient (Wildman–Crippen LogP) is 4.94. The molecule has 0 saturated heterocycles. The first kappa shape index (κ1) is 17.3. The van der Waals surface area contributed by atoms with Crippen LogP contribution in [-0.4, -0.2) is 22.4 Å².